The Labute approximate surface area is 139 Å². The third kappa shape index (κ3) is 1.91. The average Bonchev–Trinajstić information content (AvgIpc) is 3.02. The Bertz CT molecular complexity index is 994. The van der Waals surface area contributed by atoms with Gasteiger partial charge in [0.15, 0.2) is 11.5 Å². The van der Waals surface area contributed by atoms with E-state index in [1.54, 1.807) is 21.3 Å². The third-order valence-electron chi connectivity index (χ3n) is 4.59. The molecule has 0 radical (unpaired) electrons. The summed E-state index contributed by atoms with van der Waals surface area (Å²) in [5, 5.41) is 6.80. The molecule has 3 aromatic rings. The van der Waals surface area contributed by atoms with Crippen molar-refractivity contribution < 1.29 is 19.0 Å². The maximum atomic E-state index is 12.4. The zero-order valence-corrected chi connectivity index (χ0v) is 13.7. The van der Waals surface area contributed by atoms with Gasteiger partial charge < -0.3 is 19.5 Å². The fourth-order valence-corrected chi connectivity index (χ4v) is 3.44. The fourth-order valence-electron chi connectivity index (χ4n) is 3.44. The number of fused-ring (bicyclic) bond motifs is 6. The molecule has 1 aliphatic rings. The van der Waals surface area contributed by atoms with Crippen LogP contribution in [0.4, 0.5) is 0 Å². The second-order valence-electron chi connectivity index (χ2n) is 5.70. The Hall–Kier alpha value is -2.95. The standard InChI is InChI=1S/C19H17NO4/c1-22-10-4-5-11-12(6-10)13-7-16(23-2)17(24-3)8-14(13)15-9-20-19(21)18(11)15/h4-8H,9H2,1-3H3,(H,20,21). The van der Waals surface area contributed by atoms with Gasteiger partial charge in [0.05, 0.1) is 26.9 Å². The molecule has 0 aliphatic carbocycles. The van der Waals surface area contributed by atoms with E-state index in [9.17, 15) is 4.79 Å². The molecule has 0 spiro atoms. The number of amides is 1. The molecule has 0 saturated heterocycles. The van der Waals surface area contributed by atoms with E-state index in [-0.39, 0.29) is 5.91 Å². The lowest BCUT2D eigenvalue weighted by Crippen LogP contribution is -2.12. The smallest absolute Gasteiger partial charge is 0.252 e. The fraction of sp³-hybridized carbons (Fsp3) is 0.211. The van der Waals surface area contributed by atoms with Crippen LogP contribution in [0, 0.1) is 0 Å². The molecule has 1 aliphatic heterocycles. The van der Waals surface area contributed by atoms with Crippen molar-refractivity contribution in [3.8, 4) is 17.2 Å². The van der Waals surface area contributed by atoms with Crippen molar-refractivity contribution in [1.29, 1.82) is 0 Å². The monoisotopic (exact) mass is 323 g/mol. The molecule has 0 unspecified atom stereocenters. The van der Waals surface area contributed by atoms with E-state index in [1.807, 2.05) is 30.3 Å². The van der Waals surface area contributed by atoms with Crippen LogP contribution >= 0.6 is 0 Å². The second-order valence-corrected chi connectivity index (χ2v) is 5.70. The predicted octanol–water partition coefficient (Wildman–Crippen LogP) is 3.26. The zero-order chi connectivity index (χ0) is 16.8. The molecule has 4 rings (SSSR count). The first-order chi connectivity index (χ1) is 11.7. The summed E-state index contributed by atoms with van der Waals surface area (Å²) in [6.45, 7) is 0.516. The third-order valence-corrected chi connectivity index (χ3v) is 4.59. The highest BCUT2D eigenvalue weighted by Gasteiger charge is 2.26. The molecule has 1 heterocycles. The van der Waals surface area contributed by atoms with Crippen molar-refractivity contribution in [3.05, 3.63) is 41.5 Å². The van der Waals surface area contributed by atoms with Crippen molar-refractivity contribution >= 4 is 27.5 Å². The number of methoxy groups -OCH3 is 3. The van der Waals surface area contributed by atoms with Gasteiger partial charge in [-0.05, 0) is 57.4 Å². The van der Waals surface area contributed by atoms with Crippen LogP contribution in [0.3, 0.4) is 0 Å². The molecule has 1 amide bonds. The number of carbonyl (C=O) groups excluding carboxylic acids is 1. The number of hydrogen-bond acceptors (Lipinski definition) is 4. The number of hydrogen-bond donors (Lipinski definition) is 1. The summed E-state index contributed by atoms with van der Waals surface area (Å²) >= 11 is 0. The number of ether oxygens (including phenoxy) is 3. The van der Waals surface area contributed by atoms with Crippen LogP contribution < -0.4 is 19.5 Å². The highest BCUT2D eigenvalue weighted by Crippen LogP contribution is 2.41. The number of rotatable bonds is 3. The normalized spacial score (nSPS) is 13.0. The van der Waals surface area contributed by atoms with Gasteiger partial charge in [0, 0.05) is 6.54 Å². The summed E-state index contributed by atoms with van der Waals surface area (Å²) < 4.78 is 16.2. The van der Waals surface area contributed by atoms with Crippen molar-refractivity contribution in [2.45, 2.75) is 6.54 Å². The quantitative estimate of drug-likeness (QED) is 0.752. The second kappa shape index (κ2) is 5.30. The van der Waals surface area contributed by atoms with E-state index in [0.29, 0.717) is 18.0 Å². The lowest BCUT2D eigenvalue weighted by Gasteiger charge is -2.15. The number of carbonyl (C=O) groups is 1. The summed E-state index contributed by atoms with van der Waals surface area (Å²) in [5.41, 5.74) is 1.72. The number of nitrogens with one attached hydrogen (secondary N) is 1. The van der Waals surface area contributed by atoms with Gasteiger partial charge >= 0.3 is 0 Å². The van der Waals surface area contributed by atoms with Crippen LogP contribution in [-0.4, -0.2) is 27.2 Å². The first-order valence-corrected chi connectivity index (χ1v) is 7.64. The Morgan fingerprint density at radius 1 is 0.833 bits per heavy atom. The highest BCUT2D eigenvalue weighted by molar-refractivity contribution is 6.21. The van der Waals surface area contributed by atoms with E-state index in [0.717, 1.165) is 38.4 Å². The van der Waals surface area contributed by atoms with Crippen molar-refractivity contribution in [1.82, 2.24) is 5.32 Å². The molecule has 0 saturated carbocycles. The van der Waals surface area contributed by atoms with E-state index in [1.165, 1.54) is 0 Å². The first kappa shape index (κ1) is 14.6. The molecule has 1 N–H and O–H groups in total. The molecule has 0 bridgehead atoms. The van der Waals surface area contributed by atoms with Crippen LogP contribution in [0.2, 0.25) is 0 Å². The Morgan fingerprint density at radius 2 is 1.50 bits per heavy atom. The molecule has 0 aromatic heterocycles. The average molecular weight is 323 g/mol. The summed E-state index contributed by atoms with van der Waals surface area (Å²) in [5.74, 6) is 2.01. The molecular formula is C19H17NO4. The molecule has 5 nitrogen and oxygen atoms in total. The summed E-state index contributed by atoms with van der Waals surface area (Å²) in [6.07, 6.45) is 0. The van der Waals surface area contributed by atoms with Gasteiger partial charge in [0.25, 0.3) is 5.91 Å². The lowest BCUT2D eigenvalue weighted by molar-refractivity contribution is 0.0967. The van der Waals surface area contributed by atoms with Gasteiger partial charge in [-0.2, -0.15) is 0 Å². The molecule has 0 fully saturated rings. The predicted molar refractivity (Wildman–Crippen MR) is 92.3 cm³/mol. The van der Waals surface area contributed by atoms with Crippen LogP contribution in [-0.2, 0) is 6.54 Å². The van der Waals surface area contributed by atoms with E-state index in [4.69, 9.17) is 14.2 Å². The van der Waals surface area contributed by atoms with Gasteiger partial charge in [-0.15, -0.1) is 0 Å². The van der Waals surface area contributed by atoms with Gasteiger partial charge in [-0.3, -0.25) is 4.79 Å². The maximum Gasteiger partial charge on any atom is 0.252 e. The van der Waals surface area contributed by atoms with Crippen molar-refractivity contribution in [2.75, 3.05) is 21.3 Å². The molecule has 122 valence electrons. The van der Waals surface area contributed by atoms with Gasteiger partial charge in [0.2, 0.25) is 0 Å². The topological polar surface area (TPSA) is 56.8 Å². The lowest BCUT2D eigenvalue weighted by atomic mass is 9.92. The van der Waals surface area contributed by atoms with E-state index in [2.05, 4.69) is 5.32 Å². The van der Waals surface area contributed by atoms with Crippen molar-refractivity contribution in [3.63, 3.8) is 0 Å². The number of benzene rings is 3. The Balaban J connectivity index is 2.22. The minimum Gasteiger partial charge on any atom is -0.497 e. The van der Waals surface area contributed by atoms with Crippen molar-refractivity contribution in [2.24, 2.45) is 0 Å². The molecule has 0 atom stereocenters. The van der Waals surface area contributed by atoms with Crippen LogP contribution in [0.1, 0.15) is 15.9 Å². The minimum atomic E-state index is -0.0446. The molecule has 5 heteroatoms. The van der Waals surface area contributed by atoms with Gasteiger partial charge in [-0.25, -0.2) is 0 Å². The zero-order valence-electron chi connectivity index (χ0n) is 13.7. The molecule has 24 heavy (non-hydrogen) atoms. The Morgan fingerprint density at radius 3 is 2.17 bits per heavy atom. The summed E-state index contributed by atoms with van der Waals surface area (Å²) in [4.78, 5) is 12.4. The Kier molecular flexibility index (Phi) is 3.23. The van der Waals surface area contributed by atoms with Gasteiger partial charge in [0.1, 0.15) is 5.75 Å². The SMILES string of the molecule is COc1ccc2c3c(c4cc(OC)c(OC)cc4c2c1)CNC3=O. The first-order valence-electron chi connectivity index (χ1n) is 7.64. The molecular weight excluding hydrogens is 306 g/mol. The van der Waals surface area contributed by atoms with E-state index >= 15 is 0 Å². The van der Waals surface area contributed by atoms with Crippen LogP contribution in [0.5, 0.6) is 17.2 Å². The highest BCUT2D eigenvalue weighted by atomic mass is 16.5. The van der Waals surface area contributed by atoms with Crippen LogP contribution in [0.25, 0.3) is 21.5 Å². The van der Waals surface area contributed by atoms with E-state index < -0.39 is 0 Å². The largest absolute Gasteiger partial charge is 0.497 e. The summed E-state index contributed by atoms with van der Waals surface area (Å²) in [7, 11) is 4.86. The van der Waals surface area contributed by atoms with Crippen LogP contribution in [0.15, 0.2) is 30.3 Å². The maximum absolute atomic E-state index is 12.4. The minimum absolute atomic E-state index is 0.0446. The summed E-state index contributed by atoms with van der Waals surface area (Å²) in [6, 6.07) is 9.66. The van der Waals surface area contributed by atoms with Gasteiger partial charge in [-0.1, -0.05) is 0 Å². The molecule has 3 aromatic carbocycles.